The van der Waals surface area contributed by atoms with Gasteiger partial charge >= 0.3 is 0 Å². The summed E-state index contributed by atoms with van der Waals surface area (Å²) >= 11 is 6.08. The summed E-state index contributed by atoms with van der Waals surface area (Å²) in [5.41, 5.74) is 3.29. The maximum Gasteiger partial charge on any atom is 0.266 e. The highest BCUT2D eigenvalue weighted by Crippen LogP contribution is 2.24. The molecule has 1 amide bonds. The van der Waals surface area contributed by atoms with E-state index in [1.165, 1.54) is 0 Å². The van der Waals surface area contributed by atoms with Crippen molar-refractivity contribution in [3.8, 4) is 6.07 Å². The lowest BCUT2D eigenvalue weighted by Crippen LogP contribution is -2.36. The molecule has 1 saturated heterocycles. The second-order valence-corrected chi connectivity index (χ2v) is 6.63. The van der Waals surface area contributed by atoms with E-state index in [0.717, 1.165) is 43.1 Å². The first-order chi connectivity index (χ1) is 13.1. The number of carbonyl (C=O) groups is 1. The summed E-state index contributed by atoms with van der Waals surface area (Å²) in [6.45, 7) is 4.99. The first kappa shape index (κ1) is 19.0. The maximum atomic E-state index is 12.5. The van der Waals surface area contributed by atoms with Gasteiger partial charge in [0.05, 0.1) is 13.2 Å². The normalized spacial score (nSPS) is 14.6. The van der Waals surface area contributed by atoms with E-state index in [1.54, 1.807) is 24.3 Å². The van der Waals surface area contributed by atoms with Crippen LogP contribution in [0.15, 0.2) is 48.0 Å². The Morgan fingerprint density at radius 3 is 2.59 bits per heavy atom. The third kappa shape index (κ3) is 4.68. The van der Waals surface area contributed by atoms with Crippen molar-refractivity contribution in [2.24, 2.45) is 0 Å². The van der Waals surface area contributed by atoms with Gasteiger partial charge in [-0.05, 0) is 48.4 Å². The lowest BCUT2D eigenvalue weighted by Gasteiger charge is -2.28. The van der Waals surface area contributed by atoms with Crippen molar-refractivity contribution in [1.29, 1.82) is 5.26 Å². The van der Waals surface area contributed by atoms with Crippen LogP contribution in [0.25, 0.3) is 6.08 Å². The minimum atomic E-state index is -0.458. The topological polar surface area (TPSA) is 65.4 Å². The first-order valence-corrected chi connectivity index (χ1v) is 9.07. The Labute approximate surface area is 163 Å². The molecule has 6 heteroatoms. The Morgan fingerprint density at radius 2 is 1.93 bits per heavy atom. The van der Waals surface area contributed by atoms with E-state index in [-0.39, 0.29) is 5.57 Å². The molecule has 5 nitrogen and oxygen atoms in total. The fourth-order valence-electron chi connectivity index (χ4n) is 2.85. The molecule has 0 saturated carbocycles. The van der Waals surface area contributed by atoms with Crippen LogP contribution in [-0.2, 0) is 9.53 Å². The number of anilines is 2. The van der Waals surface area contributed by atoms with E-state index in [4.69, 9.17) is 16.3 Å². The molecule has 1 aliphatic heterocycles. The fraction of sp³-hybridized carbons (Fsp3) is 0.238. The summed E-state index contributed by atoms with van der Waals surface area (Å²) in [5.74, 6) is -0.458. The van der Waals surface area contributed by atoms with Crippen molar-refractivity contribution in [2.75, 3.05) is 36.5 Å². The number of ether oxygens (including phenoxy) is 1. The van der Waals surface area contributed by atoms with Crippen LogP contribution >= 0.6 is 11.6 Å². The Hall–Kier alpha value is -2.81. The smallest absolute Gasteiger partial charge is 0.266 e. The minimum Gasteiger partial charge on any atom is -0.378 e. The van der Waals surface area contributed by atoms with E-state index in [0.29, 0.717) is 10.7 Å². The summed E-state index contributed by atoms with van der Waals surface area (Å²) in [7, 11) is 0. The van der Waals surface area contributed by atoms with Gasteiger partial charge in [0.1, 0.15) is 11.6 Å². The molecule has 1 fully saturated rings. The Balaban J connectivity index is 1.74. The molecular formula is C21H20ClN3O2. The second-order valence-electron chi connectivity index (χ2n) is 6.23. The van der Waals surface area contributed by atoms with Gasteiger partial charge < -0.3 is 15.0 Å². The van der Waals surface area contributed by atoms with E-state index in [9.17, 15) is 10.1 Å². The van der Waals surface area contributed by atoms with Gasteiger partial charge in [0.25, 0.3) is 5.91 Å². The molecule has 1 heterocycles. The van der Waals surface area contributed by atoms with Gasteiger partial charge in [-0.2, -0.15) is 5.26 Å². The van der Waals surface area contributed by atoms with Crippen molar-refractivity contribution >= 4 is 35.0 Å². The molecule has 0 radical (unpaired) electrons. The molecule has 0 spiro atoms. The average molecular weight is 382 g/mol. The van der Waals surface area contributed by atoms with Crippen molar-refractivity contribution in [1.82, 2.24) is 0 Å². The number of amides is 1. The maximum absolute atomic E-state index is 12.5. The summed E-state index contributed by atoms with van der Waals surface area (Å²) in [6.07, 6.45) is 1.58. The van der Waals surface area contributed by atoms with E-state index in [1.807, 2.05) is 37.3 Å². The number of hydrogen-bond donors (Lipinski definition) is 1. The number of hydrogen-bond acceptors (Lipinski definition) is 4. The standard InChI is InChI=1S/C21H20ClN3O2/c1-15-19(22)3-2-4-20(15)24-21(26)17(14-23)13-16-5-7-18(8-6-16)25-9-11-27-12-10-25/h2-8,13H,9-12H2,1H3,(H,24,26)/b17-13+. The van der Waals surface area contributed by atoms with Crippen LogP contribution in [0.5, 0.6) is 0 Å². The highest BCUT2D eigenvalue weighted by atomic mass is 35.5. The van der Waals surface area contributed by atoms with Gasteiger partial charge in [0.2, 0.25) is 0 Å². The van der Waals surface area contributed by atoms with Crippen LogP contribution in [0.4, 0.5) is 11.4 Å². The predicted octanol–water partition coefficient (Wildman–Crippen LogP) is 4.03. The predicted molar refractivity (Wildman–Crippen MR) is 108 cm³/mol. The molecule has 0 atom stereocenters. The SMILES string of the molecule is Cc1c(Cl)cccc1NC(=O)/C(C#N)=C/c1ccc(N2CCOCC2)cc1. The fourth-order valence-corrected chi connectivity index (χ4v) is 3.03. The molecule has 138 valence electrons. The molecule has 27 heavy (non-hydrogen) atoms. The van der Waals surface area contributed by atoms with E-state index >= 15 is 0 Å². The zero-order valence-electron chi connectivity index (χ0n) is 15.0. The van der Waals surface area contributed by atoms with Crippen LogP contribution in [-0.4, -0.2) is 32.2 Å². The molecule has 1 N–H and O–H groups in total. The third-order valence-corrected chi connectivity index (χ3v) is 4.87. The number of halogens is 1. The van der Waals surface area contributed by atoms with Crippen LogP contribution in [0.1, 0.15) is 11.1 Å². The number of morpholine rings is 1. The van der Waals surface area contributed by atoms with Gasteiger partial charge in [-0.25, -0.2) is 0 Å². The second kappa shape index (κ2) is 8.72. The Morgan fingerprint density at radius 1 is 1.22 bits per heavy atom. The molecule has 2 aromatic carbocycles. The quantitative estimate of drug-likeness (QED) is 0.641. The number of nitrogens with one attached hydrogen (secondary N) is 1. The highest BCUT2D eigenvalue weighted by Gasteiger charge is 2.13. The molecule has 0 aromatic heterocycles. The Kier molecular flexibility index (Phi) is 6.12. The molecule has 0 aliphatic carbocycles. The molecule has 3 rings (SSSR count). The lowest BCUT2D eigenvalue weighted by molar-refractivity contribution is -0.112. The van der Waals surface area contributed by atoms with Gasteiger partial charge in [-0.3, -0.25) is 4.79 Å². The van der Waals surface area contributed by atoms with Gasteiger partial charge in [-0.1, -0.05) is 29.8 Å². The minimum absolute atomic E-state index is 0.0356. The number of rotatable bonds is 4. The average Bonchev–Trinajstić information content (AvgIpc) is 2.70. The zero-order valence-corrected chi connectivity index (χ0v) is 15.8. The number of benzene rings is 2. The first-order valence-electron chi connectivity index (χ1n) is 8.69. The van der Waals surface area contributed by atoms with Crippen molar-refractivity contribution in [2.45, 2.75) is 6.92 Å². The van der Waals surface area contributed by atoms with Gasteiger partial charge in [0.15, 0.2) is 0 Å². The van der Waals surface area contributed by atoms with Crippen molar-refractivity contribution < 1.29 is 9.53 Å². The van der Waals surface area contributed by atoms with Gasteiger partial charge in [-0.15, -0.1) is 0 Å². The molecular weight excluding hydrogens is 362 g/mol. The largest absolute Gasteiger partial charge is 0.378 e. The lowest BCUT2D eigenvalue weighted by atomic mass is 10.1. The number of carbonyl (C=O) groups excluding carboxylic acids is 1. The van der Waals surface area contributed by atoms with Crippen LogP contribution in [0.3, 0.4) is 0 Å². The van der Waals surface area contributed by atoms with Crippen LogP contribution < -0.4 is 10.2 Å². The van der Waals surface area contributed by atoms with Gasteiger partial charge in [0, 0.05) is 29.5 Å². The summed E-state index contributed by atoms with van der Waals surface area (Å²) < 4.78 is 5.36. The van der Waals surface area contributed by atoms with E-state index < -0.39 is 5.91 Å². The number of nitrogens with zero attached hydrogens (tertiary/aromatic N) is 2. The molecule has 0 unspecified atom stereocenters. The van der Waals surface area contributed by atoms with Crippen LogP contribution in [0.2, 0.25) is 5.02 Å². The summed E-state index contributed by atoms with van der Waals surface area (Å²) in [4.78, 5) is 14.7. The highest BCUT2D eigenvalue weighted by molar-refractivity contribution is 6.31. The van der Waals surface area contributed by atoms with Crippen LogP contribution in [0, 0.1) is 18.3 Å². The van der Waals surface area contributed by atoms with E-state index in [2.05, 4.69) is 10.2 Å². The monoisotopic (exact) mass is 381 g/mol. The van der Waals surface area contributed by atoms with Crippen molar-refractivity contribution in [3.63, 3.8) is 0 Å². The Bertz CT molecular complexity index is 895. The number of nitriles is 1. The third-order valence-electron chi connectivity index (χ3n) is 4.46. The molecule has 1 aliphatic rings. The van der Waals surface area contributed by atoms with Crippen molar-refractivity contribution in [3.05, 3.63) is 64.2 Å². The zero-order chi connectivity index (χ0) is 19.2. The molecule has 2 aromatic rings. The summed E-state index contributed by atoms with van der Waals surface area (Å²) in [6, 6.07) is 15.0. The summed E-state index contributed by atoms with van der Waals surface area (Å²) in [5, 5.41) is 12.7. The molecule has 0 bridgehead atoms.